The van der Waals surface area contributed by atoms with E-state index in [1.165, 1.54) is 18.2 Å². The Balaban J connectivity index is 1.78. The highest BCUT2D eigenvalue weighted by Gasteiger charge is 2.36. The van der Waals surface area contributed by atoms with Gasteiger partial charge in [0.2, 0.25) is 5.91 Å². The first-order valence-electron chi connectivity index (χ1n) is 9.31. The molecule has 3 heterocycles. The van der Waals surface area contributed by atoms with Gasteiger partial charge in [-0.1, -0.05) is 6.58 Å². The van der Waals surface area contributed by atoms with Crippen LogP contribution in [-0.2, 0) is 11.8 Å². The van der Waals surface area contributed by atoms with Crippen LogP contribution in [0.5, 0.6) is 0 Å². The zero-order valence-corrected chi connectivity index (χ0v) is 16.0. The average Bonchev–Trinajstić information content (AvgIpc) is 3.33. The van der Waals surface area contributed by atoms with E-state index in [0.29, 0.717) is 12.2 Å². The summed E-state index contributed by atoms with van der Waals surface area (Å²) in [7, 11) is 1.83. The van der Waals surface area contributed by atoms with Crippen LogP contribution in [0.3, 0.4) is 0 Å². The number of rotatable bonds is 4. The molecule has 1 saturated heterocycles. The Bertz CT molecular complexity index is 1060. The lowest BCUT2D eigenvalue weighted by Gasteiger charge is -2.18. The first kappa shape index (κ1) is 19.0. The predicted molar refractivity (Wildman–Crippen MR) is 107 cm³/mol. The van der Waals surface area contributed by atoms with E-state index in [-0.39, 0.29) is 24.2 Å². The molecular formula is C22H21FN4O2. The van der Waals surface area contributed by atoms with E-state index in [4.69, 9.17) is 0 Å². The molecule has 1 aromatic carbocycles. The zero-order chi connectivity index (χ0) is 20.5. The minimum atomic E-state index is -0.708. The second kappa shape index (κ2) is 7.60. The van der Waals surface area contributed by atoms with Gasteiger partial charge in [-0.25, -0.2) is 4.39 Å². The number of carbonyl (C=O) groups excluding carboxylic acids is 1. The summed E-state index contributed by atoms with van der Waals surface area (Å²) in [5.74, 6) is -0.802. The van der Waals surface area contributed by atoms with E-state index in [1.54, 1.807) is 27.9 Å². The number of hydrogen-bond acceptors (Lipinski definition) is 4. The molecule has 0 radical (unpaired) electrons. The van der Waals surface area contributed by atoms with Crippen LogP contribution in [0, 0.1) is 5.82 Å². The number of carbonyl (C=O) groups is 1. The summed E-state index contributed by atoms with van der Waals surface area (Å²) in [6.45, 7) is 4.15. The number of pyridine rings is 1. The van der Waals surface area contributed by atoms with Crippen molar-refractivity contribution < 1.29 is 14.3 Å². The lowest BCUT2D eigenvalue weighted by atomic mass is 9.91. The van der Waals surface area contributed by atoms with Crippen LogP contribution in [-0.4, -0.2) is 49.9 Å². The third-order valence-electron chi connectivity index (χ3n) is 5.24. The maximum Gasteiger partial charge on any atom is 0.246 e. The fraction of sp³-hybridized carbons (Fsp3) is 0.227. The van der Waals surface area contributed by atoms with Crippen molar-refractivity contribution in [1.82, 2.24) is 19.7 Å². The van der Waals surface area contributed by atoms with Crippen LogP contribution in [0.1, 0.15) is 11.5 Å². The van der Waals surface area contributed by atoms with Crippen LogP contribution in [0.25, 0.3) is 22.5 Å². The molecule has 1 fully saturated rings. The Morgan fingerprint density at radius 3 is 2.66 bits per heavy atom. The van der Waals surface area contributed by atoms with E-state index in [9.17, 15) is 14.3 Å². The quantitative estimate of drug-likeness (QED) is 0.693. The number of hydrogen-bond donors (Lipinski definition) is 1. The predicted octanol–water partition coefficient (Wildman–Crippen LogP) is 2.76. The van der Waals surface area contributed by atoms with Gasteiger partial charge in [-0.05, 0) is 48.0 Å². The SMILES string of the molecule is C=CC(=O)N1C[C@H](O)[C@H](c2cnc(-c3ccc(F)cc3)cc2-c2ccn(C)n2)C1. The molecule has 3 aromatic rings. The molecule has 1 amide bonds. The van der Waals surface area contributed by atoms with Crippen molar-refractivity contribution >= 4 is 5.91 Å². The van der Waals surface area contributed by atoms with Crippen LogP contribution < -0.4 is 0 Å². The molecule has 6 nitrogen and oxygen atoms in total. The van der Waals surface area contributed by atoms with Gasteiger partial charge in [0.1, 0.15) is 5.82 Å². The Hall–Kier alpha value is -3.32. The van der Waals surface area contributed by atoms with E-state index in [1.807, 2.05) is 25.4 Å². The van der Waals surface area contributed by atoms with Gasteiger partial charge in [-0.2, -0.15) is 5.10 Å². The average molecular weight is 392 g/mol. The molecule has 29 heavy (non-hydrogen) atoms. The Kier molecular flexibility index (Phi) is 4.98. The third-order valence-corrected chi connectivity index (χ3v) is 5.24. The summed E-state index contributed by atoms with van der Waals surface area (Å²) in [5, 5.41) is 15.1. The molecule has 1 N–H and O–H groups in total. The van der Waals surface area contributed by atoms with E-state index < -0.39 is 6.10 Å². The van der Waals surface area contributed by atoms with Crippen LogP contribution in [0.4, 0.5) is 4.39 Å². The van der Waals surface area contributed by atoms with Gasteiger partial charge in [0.25, 0.3) is 0 Å². The molecule has 2 aromatic heterocycles. The number of aryl methyl sites for hydroxylation is 1. The van der Waals surface area contributed by atoms with Gasteiger partial charge >= 0.3 is 0 Å². The molecule has 148 valence electrons. The fourth-order valence-electron chi connectivity index (χ4n) is 3.72. The highest BCUT2D eigenvalue weighted by molar-refractivity contribution is 5.87. The highest BCUT2D eigenvalue weighted by Crippen LogP contribution is 2.36. The van der Waals surface area contributed by atoms with Crippen LogP contribution in [0.2, 0.25) is 0 Å². The summed E-state index contributed by atoms with van der Waals surface area (Å²) in [6.07, 6.45) is 4.11. The topological polar surface area (TPSA) is 71.2 Å². The first-order valence-corrected chi connectivity index (χ1v) is 9.31. The number of aromatic nitrogens is 3. The smallest absolute Gasteiger partial charge is 0.246 e. The van der Waals surface area contributed by atoms with Crippen molar-refractivity contribution in [2.75, 3.05) is 13.1 Å². The third kappa shape index (κ3) is 3.69. The summed E-state index contributed by atoms with van der Waals surface area (Å²) < 4.78 is 15.0. The van der Waals surface area contributed by atoms with Crippen molar-refractivity contribution in [3.05, 3.63) is 72.8 Å². The molecule has 1 aliphatic heterocycles. The van der Waals surface area contributed by atoms with Crippen molar-refractivity contribution in [2.24, 2.45) is 7.05 Å². The monoisotopic (exact) mass is 392 g/mol. The summed E-state index contributed by atoms with van der Waals surface area (Å²) in [5.41, 5.74) is 3.86. The Labute approximate surface area is 167 Å². The largest absolute Gasteiger partial charge is 0.391 e. The maximum atomic E-state index is 13.3. The molecule has 0 saturated carbocycles. The second-order valence-corrected chi connectivity index (χ2v) is 7.16. The number of nitrogens with zero attached hydrogens (tertiary/aromatic N) is 4. The summed E-state index contributed by atoms with van der Waals surface area (Å²) in [4.78, 5) is 18.1. The maximum absolute atomic E-state index is 13.3. The fourth-order valence-corrected chi connectivity index (χ4v) is 3.72. The number of halogens is 1. The standard InChI is InChI=1S/C22H21FN4O2/c1-3-22(29)27-12-18(21(28)13-27)17-11-24-20(14-4-6-15(23)7-5-14)10-16(17)19-8-9-26(2)25-19/h3-11,18,21,28H,1,12-13H2,2H3/t18-,21-/m0/s1. The van der Waals surface area contributed by atoms with Crippen LogP contribution in [0.15, 0.2) is 61.4 Å². The number of aliphatic hydroxyl groups is 1. The van der Waals surface area contributed by atoms with Crippen LogP contribution >= 0.6 is 0 Å². The second-order valence-electron chi connectivity index (χ2n) is 7.16. The van der Waals surface area contributed by atoms with E-state index in [2.05, 4.69) is 16.7 Å². The zero-order valence-electron chi connectivity index (χ0n) is 16.0. The number of β-amino-alcohol motifs (C(OH)–C–C–N with tert-alkyl or cyclic N) is 1. The van der Waals surface area contributed by atoms with Crippen molar-refractivity contribution in [2.45, 2.75) is 12.0 Å². The molecule has 0 unspecified atom stereocenters. The Morgan fingerprint density at radius 2 is 2.00 bits per heavy atom. The van der Waals surface area contributed by atoms with Gasteiger partial charge in [-0.3, -0.25) is 14.5 Å². The number of aliphatic hydroxyl groups excluding tert-OH is 1. The van der Waals surface area contributed by atoms with Gasteiger partial charge in [0.05, 0.1) is 17.5 Å². The normalized spacial score (nSPS) is 18.8. The lowest BCUT2D eigenvalue weighted by Crippen LogP contribution is -2.27. The molecule has 0 bridgehead atoms. The number of benzene rings is 1. The molecule has 2 atom stereocenters. The van der Waals surface area contributed by atoms with E-state index in [0.717, 1.165) is 22.4 Å². The van der Waals surface area contributed by atoms with Crippen molar-refractivity contribution in [3.8, 4) is 22.5 Å². The lowest BCUT2D eigenvalue weighted by molar-refractivity contribution is -0.125. The van der Waals surface area contributed by atoms with E-state index >= 15 is 0 Å². The van der Waals surface area contributed by atoms with Gasteiger partial charge in [0.15, 0.2) is 0 Å². The molecule has 4 rings (SSSR count). The highest BCUT2D eigenvalue weighted by atomic mass is 19.1. The van der Waals surface area contributed by atoms with Gasteiger partial charge in [0, 0.05) is 49.6 Å². The first-order chi connectivity index (χ1) is 14.0. The summed E-state index contributed by atoms with van der Waals surface area (Å²) >= 11 is 0. The minimum Gasteiger partial charge on any atom is -0.391 e. The van der Waals surface area contributed by atoms with Crippen molar-refractivity contribution in [1.29, 1.82) is 0 Å². The molecule has 0 spiro atoms. The molecular weight excluding hydrogens is 371 g/mol. The Morgan fingerprint density at radius 1 is 1.24 bits per heavy atom. The van der Waals surface area contributed by atoms with Gasteiger partial charge in [-0.15, -0.1) is 0 Å². The molecule has 0 aliphatic carbocycles. The summed E-state index contributed by atoms with van der Waals surface area (Å²) in [6, 6.07) is 9.93. The van der Waals surface area contributed by atoms with Crippen molar-refractivity contribution in [3.63, 3.8) is 0 Å². The molecule has 7 heteroatoms. The number of amides is 1. The van der Waals surface area contributed by atoms with Gasteiger partial charge < -0.3 is 10.0 Å². The molecule has 1 aliphatic rings. The number of likely N-dealkylation sites (tertiary alicyclic amines) is 1. The minimum absolute atomic E-state index is 0.207.